The summed E-state index contributed by atoms with van der Waals surface area (Å²) < 4.78 is 1.89. The van der Waals surface area contributed by atoms with Crippen LogP contribution in [0.4, 0.5) is 5.69 Å². The lowest BCUT2D eigenvalue weighted by molar-refractivity contribution is 0.588. The molecule has 4 heteroatoms. The Labute approximate surface area is 142 Å². The minimum atomic E-state index is 0.486. The third-order valence-corrected chi connectivity index (χ3v) is 4.63. The molecule has 3 aromatic rings. The summed E-state index contributed by atoms with van der Waals surface area (Å²) in [5.74, 6) is 0. The van der Waals surface area contributed by atoms with Gasteiger partial charge in [-0.25, -0.2) is 10.1 Å². The van der Waals surface area contributed by atoms with Crippen molar-refractivity contribution in [2.75, 3.05) is 11.6 Å². The Morgan fingerprint density at radius 3 is 2.67 bits per heavy atom. The topological polar surface area (TPSA) is 33.1 Å². The van der Waals surface area contributed by atoms with Crippen molar-refractivity contribution in [3.8, 4) is 5.69 Å². The predicted molar refractivity (Wildman–Crippen MR) is 97.3 cm³/mol. The fourth-order valence-corrected chi connectivity index (χ4v) is 3.33. The summed E-state index contributed by atoms with van der Waals surface area (Å²) in [6.07, 6.45) is 5.97. The summed E-state index contributed by atoms with van der Waals surface area (Å²) in [7, 11) is 0. The number of hydrogen-bond acceptors (Lipinski definition) is 3. The Morgan fingerprint density at radius 2 is 1.92 bits per heavy atom. The van der Waals surface area contributed by atoms with Crippen molar-refractivity contribution in [2.24, 2.45) is 0 Å². The van der Waals surface area contributed by atoms with Gasteiger partial charge in [0.1, 0.15) is 0 Å². The van der Waals surface area contributed by atoms with Gasteiger partial charge in [0, 0.05) is 25.0 Å². The Bertz CT molecular complexity index is 793. The van der Waals surface area contributed by atoms with Gasteiger partial charge in [-0.3, -0.25) is 0 Å². The summed E-state index contributed by atoms with van der Waals surface area (Å²) in [5.41, 5.74) is 8.71. The Kier molecular flexibility index (Phi) is 4.05. The summed E-state index contributed by atoms with van der Waals surface area (Å²) in [6.45, 7) is 3.22. The average molecular weight is 318 g/mol. The summed E-state index contributed by atoms with van der Waals surface area (Å²) in [5, 5.41) is 6.56. The molecule has 2 aromatic carbocycles. The van der Waals surface area contributed by atoms with E-state index < -0.39 is 0 Å². The van der Waals surface area contributed by atoms with Crippen LogP contribution in [0.25, 0.3) is 5.69 Å². The number of aryl methyl sites for hydroxylation is 1. The number of nitrogens with zero attached hydrogens (tertiary/aromatic N) is 3. The van der Waals surface area contributed by atoms with Crippen LogP contribution in [0.1, 0.15) is 17.5 Å². The van der Waals surface area contributed by atoms with E-state index in [1.54, 1.807) is 6.20 Å². The van der Waals surface area contributed by atoms with Crippen LogP contribution in [0.2, 0.25) is 0 Å². The molecule has 0 radical (unpaired) electrons. The molecule has 0 bridgehead atoms. The summed E-state index contributed by atoms with van der Waals surface area (Å²) in [4.78, 5) is 0. The van der Waals surface area contributed by atoms with Crippen LogP contribution in [-0.2, 0) is 6.42 Å². The largest absolute Gasteiger partial charge is 0.308 e. The summed E-state index contributed by atoms with van der Waals surface area (Å²) in [6, 6.07) is 19.6. The van der Waals surface area contributed by atoms with Gasteiger partial charge in [-0.1, -0.05) is 30.3 Å². The smallest absolute Gasteiger partial charge is 0.0645 e. The van der Waals surface area contributed by atoms with Crippen LogP contribution >= 0.6 is 0 Å². The number of nitrogens with one attached hydrogen (secondary N) is 1. The number of aromatic nitrogens is 2. The predicted octanol–water partition coefficient (Wildman–Crippen LogP) is 3.51. The number of para-hydroxylation sites is 1. The third-order valence-electron chi connectivity index (χ3n) is 4.63. The Balaban J connectivity index is 1.41. The van der Waals surface area contributed by atoms with E-state index in [1.165, 1.54) is 16.8 Å². The monoisotopic (exact) mass is 318 g/mol. The first-order valence-corrected chi connectivity index (χ1v) is 8.48. The highest BCUT2D eigenvalue weighted by atomic mass is 15.5. The molecular formula is C20H22N4. The van der Waals surface area contributed by atoms with Gasteiger partial charge in [0.2, 0.25) is 0 Å². The zero-order chi connectivity index (χ0) is 16.4. The van der Waals surface area contributed by atoms with Crippen molar-refractivity contribution in [1.82, 2.24) is 15.2 Å². The molecule has 4 rings (SSSR count). The first-order valence-electron chi connectivity index (χ1n) is 8.48. The quantitative estimate of drug-likeness (QED) is 0.799. The van der Waals surface area contributed by atoms with E-state index in [0.29, 0.717) is 6.04 Å². The number of rotatable bonds is 4. The van der Waals surface area contributed by atoms with Gasteiger partial charge >= 0.3 is 0 Å². The highest BCUT2D eigenvalue weighted by molar-refractivity contribution is 5.52. The lowest BCUT2D eigenvalue weighted by atomic mass is 10.0. The van der Waals surface area contributed by atoms with Crippen molar-refractivity contribution in [3.05, 3.63) is 78.1 Å². The van der Waals surface area contributed by atoms with Gasteiger partial charge in [-0.15, -0.1) is 0 Å². The third kappa shape index (κ3) is 3.05. The molecule has 0 saturated carbocycles. The molecule has 1 atom stereocenters. The molecule has 1 fully saturated rings. The number of benzene rings is 2. The van der Waals surface area contributed by atoms with Gasteiger partial charge in [0.05, 0.1) is 11.4 Å². The first kappa shape index (κ1) is 15.0. The normalized spacial score (nSPS) is 17.4. The molecule has 4 nitrogen and oxygen atoms in total. The van der Waals surface area contributed by atoms with Crippen LogP contribution in [0.3, 0.4) is 0 Å². The first-order chi connectivity index (χ1) is 11.8. The molecule has 1 aliphatic heterocycles. The molecule has 1 N–H and O–H groups in total. The zero-order valence-electron chi connectivity index (χ0n) is 13.9. The maximum Gasteiger partial charge on any atom is 0.0645 e. The molecule has 1 unspecified atom stereocenters. The van der Waals surface area contributed by atoms with E-state index in [9.17, 15) is 0 Å². The van der Waals surface area contributed by atoms with E-state index in [2.05, 4.69) is 71.0 Å². The highest BCUT2D eigenvalue weighted by Crippen LogP contribution is 2.23. The maximum atomic E-state index is 4.27. The second-order valence-electron chi connectivity index (χ2n) is 6.37. The van der Waals surface area contributed by atoms with Crippen LogP contribution in [0, 0.1) is 6.92 Å². The van der Waals surface area contributed by atoms with E-state index in [0.717, 1.165) is 25.1 Å². The van der Waals surface area contributed by atoms with E-state index in [4.69, 9.17) is 0 Å². The van der Waals surface area contributed by atoms with E-state index >= 15 is 0 Å². The fraction of sp³-hybridized carbons (Fsp3) is 0.250. The van der Waals surface area contributed by atoms with Crippen molar-refractivity contribution < 1.29 is 0 Å². The van der Waals surface area contributed by atoms with Gasteiger partial charge in [0.25, 0.3) is 0 Å². The minimum Gasteiger partial charge on any atom is -0.308 e. The van der Waals surface area contributed by atoms with Crippen LogP contribution in [0.5, 0.6) is 0 Å². The average Bonchev–Trinajstić information content (AvgIpc) is 3.28. The van der Waals surface area contributed by atoms with E-state index in [1.807, 2.05) is 16.9 Å². The lowest BCUT2D eigenvalue weighted by Gasteiger charge is -2.22. The fourth-order valence-electron chi connectivity index (χ4n) is 3.33. The zero-order valence-corrected chi connectivity index (χ0v) is 13.9. The minimum absolute atomic E-state index is 0.486. The molecule has 0 amide bonds. The molecule has 1 saturated heterocycles. The molecule has 122 valence electrons. The molecule has 2 heterocycles. The van der Waals surface area contributed by atoms with Crippen LogP contribution < -0.4 is 10.4 Å². The molecular weight excluding hydrogens is 296 g/mol. The second kappa shape index (κ2) is 6.49. The molecule has 0 aliphatic carbocycles. The molecule has 0 spiro atoms. The molecule has 1 aliphatic rings. The van der Waals surface area contributed by atoms with Crippen molar-refractivity contribution in [1.29, 1.82) is 0 Å². The SMILES string of the molecule is Cc1ccccc1N1CCC(Cc2ccc(-n3cccn3)cc2)N1. The van der Waals surface area contributed by atoms with Crippen molar-refractivity contribution in [2.45, 2.75) is 25.8 Å². The second-order valence-corrected chi connectivity index (χ2v) is 6.37. The van der Waals surface area contributed by atoms with Gasteiger partial charge in [-0.2, -0.15) is 5.10 Å². The van der Waals surface area contributed by atoms with E-state index in [-0.39, 0.29) is 0 Å². The Hall–Kier alpha value is -2.59. The van der Waals surface area contributed by atoms with Crippen molar-refractivity contribution in [3.63, 3.8) is 0 Å². The highest BCUT2D eigenvalue weighted by Gasteiger charge is 2.22. The van der Waals surface area contributed by atoms with Gasteiger partial charge in [-0.05, 0) is 55.2 Å². The summed E-state index contributed by atoms with van der Waals surface area (Å²) >= 11 is 0. The van der Waals surface area contributed by atoms with Crippen LogP contribution in [-0.4, -0.2) is 22.4 Å². The van der Waals surface area contributed by atoms with Gasteiger partial charge < -0.3 is 5.01 Å². The number of anilines is 1. The molecule has 1 aromatic heterocycles. The van der Waals surface area contributed by atoms with Gasteiger partial charge in [0.15, 0.2) is 0 Å². The number of hydrogen-bond donors (Lipinski definition) is 1. The standard InChI is InChI=1S/C20H22N4/c1-16-5-2-3-6-20(16)24-14-11-18(22-24)15-17-7-9-19(10-8-17)23-13-4-12-21-23/h2-10,12-13,18,22H,11,14-15H2,1H3. The Morgan fingerprint density at radius 1 is 1.08 bits per heavy atom. The molecule has 24 heavy (non-hydrogen) atoms. The number of hydrazine groups is 1. The lowest BCUT2D eigenvalue weighted by Crippen LogP contribution is -2.36. The maximum absolute atomic E-state index is 4.27. The van der Waals surface area contributed by atoms with Crippen molar-refractivity contribution >= 4 is 5.69 Å². The van der Waals surface area contributed by atoms with Crippen LogP contribution in [0.15, 0.2) is 67.0 Å².